The molecule has 0 bridgehead atoms. The van der Waals surface area contributed by atoms with Gasteiger partial charge < -0.3 is 5.11 Å². The highest BCUT2D eigenvalue weighted by Gasteiger charge is 2.10. The molecule has 6 heteroatoms. The number of rotatable bonds is 4. The fourth-order valence-electron chi connectivity index (χ4n) is 1.20. The van der Waals surface area contributed by atoms with Crippen molar-refractivity contribution in [3.05, 3.63) is 41.0 Å². The molecule has 0 amide bonds. The molecule has 0 spiro atoms. The van der Waals surface area contributed by atoms with Gasteiger partial charge >= 0.3 is 5.97 Å². The minimum Gasteiger partial charge on any atom is -0.478 e. The SMILES string of the molecule is CC(=O)SCC(=Cc1cc(F)cc(F)c1)C(=O)O. The summed E-state index contributed by atoms with van der Waals surface area (Å²) >= 11 is 0.820. The zero-order chi connectivity index (χ0) is 13.7. The van der Waals surface area contributed by atoms with Crippen LogP contribution >= 0.6 is 11.8 Å². The van der Waals surface area contributed by atoms with E-state index in [1.165, 1.54) is 6.92 Å². The normalized spacial score (nSPS) is 11.4. The van der Waals surface area contributed by atoms with Crippen LogP contribution in [0.3, 0.4) is 0 Å². The third-order valence-corrected chi connectivity index (χ3v) is 2.79. The molecule has 0 aromatic heterocycles. The summed E-state index contributed by atoms with van der Waals surface area (Å²) in [5, 5.41) is 8.68. The number of hydrogen-bond donors (Lipinski definition) is 1. The summed E-state index contributed by atoms with van der Waals surface area (Å²) in [4.78, 5) is 21.7. The van der Waals surface area contributed by atoms with Crippen molar-refractivity contribution in [2.24, 2.45) is 0 Å². The molecule has 0 saturated carbocycles. The summed E-state index contributed by atoms with van der Waals surface area (Å²) in [5.74, 6) is -2.85. The first-order valence-corrected chi connectivity index (χ1v) is 5.90. The van der Waals surface area contributed by atoms with Gasteiger partial charge in [0.2, 0.25) is 0 Å². The average Bonchev–Trinajstić information content (AvgIpc) is 2.22. The molecule has 0 fully saturated rings. The Bertz CT molecular complexity index is 492. The van der Waals surface area contributed by atoms with Crippen molar-refractivity contribution in [2.75, 3.05) is 5.75 Å². The molecule has 0 atom stereocenters. The van der Waals surface area contributed by atoms with E-state index < -0.39 is 17.6 Å². The molecule has 0 aliphatic rings. The molecule has 18 heavy (non-hydrogen) atoms. The number of benzene rings is 1. The van der Waals surface area contributed by atoms with Gasteiger partial charge in [-0.05, 0) is 23.8 Å². The molecule has 96 valence electrons. The van der Waals surface area contributed by atoms with E-state index in [4.69, 9.17) is 5.11 Å². The van der Waals surface area contributed by atoms with Crippen LogP contribution in [0.5, 0.6) is 0 Å². The van der Waals surface area contributed by atoms with Gasteiger partial charge in [0.05, 0.1) is 0 Å². The Balaban J connectivity index is 3.00. The standard InChI is InChI=1S/C12H10F2O3S/c1-7(15)18-6-9(12(16)17)2-8-3-10(13)5-11(14)4-8/h2-5H,6H2,1H3,(H,16,17). The topological polar surface area (TPSA) is 54.4 Å². The summed E-state index contributed by atoms with van der Waals surface area (Å²) in [6.07, 6.45) is 1.14. The van der Waals surface area contributed by atoms with E-state index in [1.54, 1.807) is 0 Å². The third kappa shape index (κ3) is 4.67. The van der Waals surface area contributed by atoms with Gasteiger partial charge in [0.15, 0.2) is 5.12 Å². The van der Waals surface area contributed by atoms with Crippen LogP contribution in [-0.4, -0.2) is 21.9 Å². The van der Waals surface area contributed by atoms with Gasteiger partial charge in [-0.25, -0.2) is 13.6 Å². The van der Waals surface area contributed by atoms with E-state index in [-0.39, 0.29) is 22.0 Å². The molecule has 1 N–H and O–H groups in total. The van der Waals surface area contributed by atoms with Gasteiger partial charge in [-0.1, -0.05) is 11.8 Å². The predicted octanol–water partition coefficient (Wildman–Crippen LogP) is 2.71. The molecule has 0 radical (unpaired) electrons. The average molecular weight is 272 g/mol. The second-order valence-electron chi connectivity index (χ2n) is 3.46. The van der Waals surface area contributed by atoms with Gasteiger partial charge in [0.1, 0.15) is 11.6 Å². The number of carbonyl (C=O) groups is 2. The summed E-state index contributed by atoms with van der Waals surface area (Å²) in [7, 11) is 0. The zero-order valence-electron chi connectivity index (χ0n) is 9.44. The molecule has 1 aromatic rings. The monoisotopic (exact) mass is 272 g/mol. The van der Waals surface area contributed by atoms with E-state index in [9.17, 15) is 18.4 Å². The molecule has 1 aromatic carbocycles. The highest BCUT2D eigenvalue weighted by Crippen LogP contribution is 2.15. The van der Waals surface area contributed by atoms with Crippen molar-refractivity contribution in [1.29, 1.82) is 0 Å². The first-order chi connectivity index (χ1) is 8.38. The summed E-state index contributed by atoms with van der Waals surface area (Å²) in [6, 6.07) is 2.73. The minimum atomic E-state index is -1.23. The van der Waals surface area contributed by atoms with Crippen molar-refractivity contribution in [3.63, 3.8) is 0 Å². The van der Waals surface area contributed by atoms with Crippen LogP contribution in [0.25, 0.3) is 6.08 Å². The lowest BCUT2D eigenvalue weighted by Gasteiger charge is -2.01. The van der Waals surface area contributed by atoms with Crippen molar-refractivity contribution in [2.45, 2.75) is 6.92 Å². The summed E-state index contributed by atoms with van der Waals surface area (Å²) in [6.45, 7) is 1.31. The number of carbonyl (C=O) groups excluding carboxylic acids is 1. The number of halogens is 2. The molecular formula is C12H10F2O3S. The van der Waals surface area contributed by atoms with Crippen LogP contribution in [0, 0.1) is 11.6 Å². The maximum atomic E-state index is 12.9. The molecule has 1 rings (SSSR count). The van der Waals surface area contributed by atoms with Crippen molar-refractivity contribution >= 4 is 28.9 Å². The largest absolute Gasteiger partial charge is 0.478 e. The van der Waals surface area contributed by atoms with Gasteiger partial charge in [0, 0.05) is 24.3 Å². The number of carboxylic acid groups (broad SMARTS) is 1. The van der Waals surface area contributed by atoms with Crippen LogP contribution in [0.1, 0.15) is 12.5 Å². The molecule has 0 heterocycles. The van der Waals surface area contributed by atoms with Crippen LogP contribution < -0.4 is 0 Å². The summed E-state index contributed by atoms with van der Waals surface area (Å²) < 4.78 is 25.8. The van der Waals surface area contributed by atoms with Crippen LogP contribution in [0.4, 0.5) is 8.78 Å². The quantitative estimate of drug-likeness (QED) is 0.856. The summed E-state index contributed by atoms with van der Waals surface area (Å²) in [5.41, 5.74) is 0.00857. The molecule has 3 nitrogen and oxygen atoms in total. The first kappa shape index (κ1) is 14.4. The highest BCUT2D eigenvalue weighted by molar-refractivity contribution is 8.13. The fraction of sp³-hybridized carbons (Fsp3) is 0.167. The molecule has 0 aliphatic heterocycles. The fourth-order valence-corrected chi connectivity index (χ4v) is 1.77. The first-order valence-electron chi connectivity index (χ1n) is 4.92. The Morgan fingerprint density at radius 3 is 2.28 bits per heavy atom. The molecular weight excluding hydrogens is 262 g/mol. The van der Waals surface area contributed by atoms with E-state index >= 15 is 0 Å². The molecule has 0 unspecified atom stereocenters. The zero-order valence-corrected chi connectivity index (χ0v) is 10.3. The number of thioether (sulfide) groups is 1. The van der Waals surface area contributed by atoms with Crippen LogP contribution in [-0.2, 0) is 9.59 Å². The Morgan fingerprint density at radius 1 is 1.28 bits per heavy atom. The van der Waals surface area contributed by atoms with Gasteiger partial charge in [-0.3, -0.25) is 4.79 Å². The van der Waals surface area contributed by atoms with Crippen LogP contribution in [0.2, 0.25) is 0 Å². The lowest BCUT2D eigenvalue weighted by molar-refractivity contribution is -0.132. The number of aliphatic carboxylic acids is 1. The third-order valence-electron chi connectivity index (χ3n) is 1.93. The Morgan fingerprint density at radius 2 is 1.83 bits per heavy atom. The van der Waals surface area contributed by atoms with Gasteiger partial charge in [-0.15, -0.1) is 0 Å². The predicted molar refractivity (Wildman–Crippen MR) is 65.1 cm³/mol. The van der Waals surface area contributed by atoms with E-state index in [1.807, 2.05) is 0 Å². The minimum absolute atomic E-state index is 0.0528. The van der Waals surface area contributed by atoms with E-state index in [0.29, 0.717) is 6.07 Å². The smallest absolute Gasteiger partial charge is 0.332 e. The van der Waals surface area contributed by atoms with Crippen molar-refractivity contribution < 1.29 is 23.5 Å². The number of hydrogen-bond acceptors (Lipinski definition) is 3. The van der Waals surface area contributed by atoms with Gasteiger partial charge in [-0.2, -0.15) is 0 Å². The van der Waals surface area contributed by atoms with E-state index in [0.717, 1.165) is 30.0 Å². The Labute approximate surface area is 107 Å². The Kier molecular flexibility index (Phi) is 5.03. The lowest BCUT2D eigenvalue weighted by atomic mass is 10.1. The second-order valence-corrected chi connectivity index (χ2v) is 4.61. The van der Waals surface area contributed by atoms with E-state index in [2.05, 4.69) is 0 Å². The molecule has 0 aliphatic carbocycles. The Hall–Kier alpha value is -1.69. The van der Waals surface area contributed by atoms with Crippen LogP contribution in [0.15, 0.2) is 23.8 Å². The van der Waals surface area contributed by atoms with Gasteiger partial charge in [0.25, 0.3) is 0 Å². The maximum absolute atomic E-state index is 12.9. The lowest BCUT2D eigenvalue weighted by Crippen LogP contribution is -2.04. The highest BCUT2D eigenvalue weighted by atomic mass is 32.2. The van der Waals surface area contributed by atoms with Crippen molar-refractivity contribution in [1.82, 2.24) is 0 Å². The number of carboxylic acids is 1. The van der Waals surface area contributed by atoms with Crippen molar-refractivity contribution in [3.8, 4) is 0 Å². The molecule has 0 saturated heterocycles. The second kappa shape index (κ2) is 6.30. The maximum Gasteiger partial charge on any atom is 0.332 e.